The zero-order chi connectivity index (χ0) is 11.4. The lowest BCUT2D eigenvalue weighted by atomic mass is 9.85. The standard InChI is InChI=1S/C10H15NO4/c1-6(12)11-8-3-7(10(14)15-2)4-9(13)5-8/h7-8H,3-5H2,1-2H3,(H,11,12)/t7-,8+/m1/s1. The topological polar surface area (TPSA) is 72.5 Å². The Morgan fingerprint density at radius 2 is 2.07 bits per heavy atom. The molecule has 1 N–H and O–H groups in total. The van der Waals surface area contributed by atoms with Crippen molar-refractivity contribution in [2.75, 3.05) is 7.11 Å². The molecule has 0 heterocycles. The highest BCUT2D eigenvalue weighted by Gasteiger charge is 2.32. The smallest absolute Gasteiger partial charge is 0.309 e. The lowest BCUT2D eigenvalue weighted by Crippen LogP contribution is -2.42. The first-order valence-corrected chi connectivity index (χ1v) is 4.89. The second-order valence-corrected chi connectivity index (χ2v) is 3.80. The number of carbonyl (C=O) groups excluding carboxylic acids is 3. The highest BCUT2D eigenvalue weighted by molar-refractivity contribution is 5.87. The minimum atomic E-state index is -0.409. The van der Waals surface area contributed by atoms with E-state index < -0.39 is 5.92 Å². The molecular formula is C10H15NO4. The average Bonchev–Trinajstić information content (AvgIpc) is 2.14. The third kappa shape index (κ3) is 3.34. The van der Waals surface area contributed by atoms with Gasteiger partial charge in [0, 0.05) is 25.8 Å². The molecular weight excluding hydrogens is 198 g/mol. The van der Waals surface area contributed by atoms with Crippen molar-refractivity contribution in [1.29, 1.82) is 0 Å². The van der Waals surface area contributed by atoms with Gasteiger partial charge >= 0.3 is 5.97 Å². The van der Waals surface area contributed by atoms with Crippen molar-refractivity contribution in [3.8, 4) is 0 Å². The highest BCUT2D eigenvalue weighted by Crippen LogP contribution is 2.22. The molecule has 0 aliphatic heterocycles. The van der Waals surface area contributed by atoms with Gasteiger partial charge in [0.15, 0.2) is 0 Å². The van der Waals surface area contributed by atoms with Gasteiger partial charge in [0.2, 0.25) is 5.91 Å². The molecule has 0 radical (unpaired) electrons. The molecule has 0 unspecified atom stereocenters. The fraction of sp³-hybridized carbons (Fsp3) is 0.700. The van der Waals surface area contributed by atoms with E-state index >= 15 is 0 Å². The molecule has 1 saturated carbocycles. The van der Waals surface area contributed by atoms with Gasteiger partial charge in [0.25, 0.3) is 0 Å². The fourth-order valence-electron chi connectivity index (χ4n) is 1.89. The number of methoxy groups -OCH3 is 1. The summed E-state index contributed by atoms with van der Waals surface area (Å²) in [7, 11) is 1.30. The van der Waals surface area contributed by atoms with Gasteiger partial charge in [-0.05, 0) is 6.42 Å². The van der Waals surface area contributed by atoms with E-state index in [0.29, 0.717) is 12.8 Å². The molecule has 2 atom stereocenters. The predicted molar refractivity (Wildman–Crippen MR) is 52.0 cm³/mol. The number of carbonyl (C=O) groups is 3. The summed E-state index contributed by atoms with van der Waals surface area (Å²) in [6.45, 7) is 1.40. The van der Waals surface area contributed by atoms with Crippen LogP contribution < -0.4 is 5.32 Å². The Hall–Kier alpha value is -1.39. The molecule has 0 aromatic rings. The number of rotatable bonds is 2. The van der Waals surface area contributed by atoms with Gasteiger partial charge in [-0.3, -0.25) is 14.4 Å². The lowest BCUT2D eigenvalue weighted by molar-refractivity contribution is -0.149. The van der Waals surface area contributed by atoms with Crippen molar-refractivity contribution in [3.63, 3.8) is 0 Å². The van der Waals surface area contributed by atoms with E-state index in [0.717, 1.165) is 0 Å². The van der Waals surface area contributed by atoms with E-state index in [-0.39, 0.29) is 30.1 Å². The van der Waals surface area contributed by atoms with Crippen molar-refractivity contribution in [1.82, 2.24) is 5.32 Å². The van der Waals surface area contributed by atoms with Gasteiger partial charge in [-0.25, -0.2) is 0 Å². The van der Waals surface area contributed by atoms with Gasteiger partial charge in [0.05, 0.1) is 13.0 Å². The lowest BCUT2D eigenvalue weighted by Gasteiger charge is -2.26. The molecule has 1 aliphatic rings. The Bertz CT molecular complexity index is 285. The predicted octanol–water partition coefficient (Wildman–Crippen LogP) is 0.0333. The minimum absolute atomic E-state index is 0.00426. The number of Topliss-reactive ketones (excluding diaryl/α,β-unsaturated/α-hetero) is 1. The highest BCUT2D eigenvalue weighted by atomic mass is 16.5. The van der Waals surface area contributed by atoms with Crippen LogP contribution in [0, 0.1) is 5.92 Å². The van der Waals surface area contributed by atoms with E-state index in [9.17, 15) is 14.4 Å². The maximum atomic E-state index is 11.3. The van der Waals surface area contributed by atoms with Gasteiger partial charge in [-0.2, -0.15) is 0 Å². The van der Waals surface area contributed by atoms with Crippen LogP contribution in [-0.2, 0) is 19.1 Å². The van der Waals surface area contributed by atoms with Crippen LogP contribution in [0.25, 0.3) is 0 Å². The molecule has 0 saturated heterocycles. The Morgan fingerprint density at radius 3 is 2.60 bits per heavy atom. The second kappa shape index (κ2) is 4.91. The van der Waals surface area contributed by atoms with E-state index in [2.05, 4.69) is 10.1 Å². The minimum Gasteiger partial charge on any atom is -0.469 e. The Labute approximate surface area is 88.2 Å². The van der Waals surface area contributed by atoms with Crippen LogP contribution in [0.4, 0.5) is 0 Å². The molecule has 0 bridgehead atoms. The normalized spacial score (nSPS) is 25.9. The molecule has 84 valence electrons. The summed E-state index contributed by atoms with van der Waals surface area (Å²) in [5.41, 5.74) is 0. The van der Waals surface area contributed by atoms with E-state index in [1.807, 2.05) is 0 Å². The van der Waals surface area contributed by atoms with Gasteiger partial charge in [-0.1, -0.05) is 0 Å². The summed E-state index contributed by atoms with van der Waals surface area (Å²) in [6, 6.07) is -0.229. The Kier molecular flexibility index (Phi) is 3.82. The Balaban J connectivity index is 2.59. The van der Waals surface area contributed by atoms with E-state index in [1.165, 1.54) is 14.0 Å². The third-order valence-electron chi connectivity index (χ3n) is 2.46. The van der Waals surface area contributed by atoms with Crippen LogP contribution in [0.5, 0.6) is 0 Å². The van der Waals surface area contributed by atoms with Crippen LogP contribution >= 0.6 is 0 Å². The number of esters is 1. The molecule has 0 aromatic carbocycles. The molecule has 5 nitrogen and oxygen atoms in total. The number of hydrogen-bond donors (Lipinski definition) is 1. The number of amides is 1. The molecule has 1 aliphatic carbocycles. The first-order valence-electron chi connectivity index (χ1n) is 4.89. The monoisotopic (exact) mass is 213 g/mol. The molecule has 1 amide bonds. The van der Waals surface area contributed by atoms with Crippen LogP contribution in [0.1, 0.15) is 26.2 Å². The molecule has 0 spiro atoms. The van der Waals surface area contributed by atoms with Crippen molar-refractivity contribution >= 4 is 17.7 Å². The number of hydrogen-bond acceptors (Lipinski definition) is 4. The first-order chi connectivity index (χ1) is 7.02. The molecule has 5 heteroatoms. The number of ketones is 1. The van der Waals surface area contributed by atoms with Crippen molar-refractivity contribution in [3.05, 3.63) is 0 Å². The number of ether oxygens (including phenoxy) is 1. The number of nitrogens with one attached hydrogen (secondary N) is 1. The van der Waals surface area contributed by atoms with Gasteiger partial charge in [-0.15, -0.1) is 0 Å². The summed E-state index contributed by atoms with van der Waals surface area (Å²) in [4.78, 5) is 33.4. The van der Waals surface area contributed by atoms with E-state index in [1.54, 1.807) is 0 Å². The fourth-order valence-corrected chi connectivity index (χ4v) is 1.89. The zero-order valence-electron chi connectivity index (χ0n) is 8.91. The quantitative estimate of drug-likeness (QED) is 0.657. The average molecular weight is 213 g/mol. The maximum absolute atomic E-state index is 11.3. The second-order valence-electron chi connectivity index (χ2n) is 3.80. The van der Waals surface area contributed by atoms with Crippen LogP contribution in [0.2, 0.25) is 0 Å². The summed E-state index contributed by atoms with van der Waals surface area (Å²) < 4.78 is 4.59. The SMILES string of the molecule is COC(=O)[C@H]1CC(=O)C[C@@H](NC(C)=O)C1. The van der Waals surface area contributed by atoms with E-state index in [4.69, 9.17) is 0 Å². The van der Waals surface area contributed by atoms with Crippen molar-refractivity contribution < 1.29 is 19.1 Å². The first kappa shape index (κ1) is 11.7. The maximum Gasteiger partial charge on any atom is 0.309 e. The molecule has 0 aromatic heterocycles. The molecule has 1 rings (SSSR count). The third-order valence-corrected chi connectivity index (χ3v) is 2.46. The van der Waals surface area contributed by atoms with Crippen molar-refractivity contribution in [2.24, 2.45) is 5.92 Å². The summed E-state index contributed by atoms with van der Waals surface area (Å²) in [5, 5.41) is 2.65. The van der Waals surface area contributed by atoms with Crippen molar-refractivity contribution in [2.45, 2.75) is 32.2 Å². The van der Waals surface area contributed by atoms with Crippen LogP contribution in [0.3, 0.4) is 0 Å². The molecule has 1 fully saturated rings. The molecule has 15 heavy (non-hydrogen) atoms. The summed E-state index contributed by atoms with van der Waals surface area (Å²) in [6.07, 6.45) is 1.02. The Morgan fingerprint density at radius 1 is 1.40 bits per heavy atom. The van der Waals surface area contributed by atoms with Gasteiger partial charge in [0.1, 0.15) is 5.78 Å². The largest absolute Gasteiger partial charge is 0.469 e. The zero-order valence-corrected chi connectivity index (χ0v) is 8.91. The van der Waals surface area contributed by atoms with Crippen LogP contribution in [0.15, 0.2) is 0 Å². The summed E-state index contributed by atoms with van der Waals surface area (Å²) >= 11 is 0. The van der Waals surface area contributed by atoms with Gasteiger partial charge < -0.3 is 10.1 Å². The van der Waals surface area contributed by atoms with Crippen LogP contribution in [-0.4, -0.2) is 30.8 Å². The summed E-state index contributed by atoms with van der Waals surface area (Å²) in [5.74, 6) is -0.972.